The fraction of sp³-hybridized carbons (Fsp3) is 1.00. The Hall–Kier alpha value is -0.0800. The van der Waals surface area contributed by atoms with Gasteiger partial charge < -0.3 is 10.4 Å². The standard InChI is InChI=1S/C8H17NO/c1-2-4-8(10)5-3-6-9-7-8/h9-10H,2-7H2,1H3/t8-/m1/s1. The van der Waals surface area contributed by atoms with Gasteiger partial charge in [0, 0.05) is 6.54 Å². The van der Waals surface area contributed by atoms with Crippen molar-refractivity contribution in [2.45, 2.75) is 38.2 Å². The molecule has 1 heterocycles. The van der Waals surface area contributed by atoms with Gasteiger partial charge in [0.05, 0.1) is 5.60 Å². The van der Waals surface area contributed by atoms with Crippen molar-refractivity contribution < 1.29 is 5.11 Å². The summed E-state index contributed by atoms with van der Waals surface area (Å²) >= 11 is 0. The Balaban J connectivity index is 2.32. The lowest BCUT2D eigenvalue weighted by molar-refractivity contribution is 0.00800. The third-order valence-electron chi connectivity index (χ3n) is 2.17. The molecule has 0 unspecified atom stereocenters. The lowest BCUT2D eigenvalue weighted by atomic mass is 9.90. The van der Waals surface area contributed by atoms with Crippen molar-refractivity contribution >= 4 is 0 Å². The molecular formula is C8H17NO. The van der Waals surface area contributed by atoms with E-state index in [1.807, 2.05) is 0 Å². The summed E-state index contributed by atoms with van der Waals surface area (Å²) in [6.45, 7) is 3.99. The van der Waals surface area contributed by atoms with Crippen molar-refractivity contribution in [3.63, 3.8) is 0 Å². The van der Waals surface area contributed by atoms with E-state index in [0.717, 1.165) is 38.8 Å². The molecule has 1 aliphatic rings. The number of hydrogen-bond acceptors (Lipinski definition) is 2. The van der Waals surface area contributed by atoms with E-state index in [-0.39, 0.29) is 5.60 Å². The molecule has 10 heavy (non-hydrogen) atoms. The maximum absolute atomic E-state index is 9.81. The van der Waals surface area contributed by atoms with E-state index in [1.54, 1.807) is 0 Å². The van der Waals surface area contributed by atoms with Crippen LogP contribution in [0.5, 0.6) is 0 Å². The molecule has 0 amide bonds. The first-order valence-electron chi connectivity index (χ1n) is 4.20. The fourth-order valence-electron chi connectivity index (χ4n) is 1.63. The minimum Gasteiger partial charge on any atom is -0.389 e. The van der Waals surface area contributed by atoms with Crippen LogP contribution >= 0.6 is 0 Å². The van der Waals surface area contributed by atoms with Gasteiger partial charge in [0.1, 0.15) is 0 Å². The second kappa shape index (κ2) is 3.35. The topological polar surface area (TPSA) is 32.3 Å². The second-order valence-electron chi connectivity index (χ2n) is 3.25. The van der Waals surface area contributed by atoms with E-state index >= 15 is 0 Å². The Morgan fingerprint density at radius 3 is 2.90 bits per heavy atom. The SMILES string of the molecule is CCC[C@@]1(O)CCCNC1. The van der Waals surface area contributed by atoms with Crippen molar-refractivity contribution in [1.29, 1.82) is 0 Å². The van der Waals surface area contributed by atoms with E-state index in [2.05, 4.69) is 12.2 Å². The molecule has 0 aromatic heterocycles. The third kappa shape index (κ3) is 1.96. The van der Waals surface area contributed by atoms with Gasteiger partial charge in [-0.1, -0.05) is 13.3 Å². The van der Waals surface area contributed by atoms with Gasteiger partial charge in [-0.25, -0.2) is 0 Å². The predicted molar refractivity (Wildman–Crippen MR) is 42.0 cm³/mol. The van der Waals surface area contributed by atoms with Crippen molar-refractivity contribution in [3.8, 4) is 0 Å². The average Bonchev–Trinajstić information content (AvgIpc) is 1.89. The minimum atomic E-state index is -0.382. The number of nitrogens with one attached hydrogen (secondary N) is 1. The first-order valence-corrected chi connectivity index (χ1v) is 4.20. The molecule has 0 aromatic rings. The van der Waals surface area contributed by atoms with Crippen molar-refractivity contribution in [2.24, 2.45) is 0 Å². The van der Waals surface area contributed by atoms with Crippen LogP contribution in [0.1, 0.15) is 32.6 Å². The van der Waals surface area contributed by atoms with E-state index in [0.29, 0.717) is 0 Å². The summed E-state index contributed by atoms with van der Waals surface area (Å²) in [6.07, 6.45) is 4.13. The monoisotopic (exact) mass is 143 g/mol. The van der Waals surface area contributed by atoms with Crippen LogP contribution in [-0.2, 0) is 0 Å². The molecule has 0 saturated carbocycles. The lowest BCUT2D eigenvalue weighted by Gasteiger charge is -2.32. The predicted octanol–water partition coefficient (Wildman–Crippen LogP) is 0.901. The van der Waals surface area contributed by atoms with Crippen LogP contribution in [0.3, 0.4) is 0 Å². The van der Waals surface area contributed by atoms with Crippen LogP contribution in [0.25, 0.3) is 0 Å². The van der Waals surface area contributed by atoms with Gasteiger partial charge in [0.2, 0.25) is 0 Å². The molecule has 2 nitrogen and oxygen atoms in total. The zero-order valence-electron chi connectivity index (χ0n) is 6.69. The Bertz CT molecular complexity index is 91.9. The molecule has 2 N–H and O–H groups in total. The molecule has 1 atom stereocenters. The van der Waals surface area contributed by atoms with Crippen LogP contribution in [0, 0.1) is 0 Å². The van der Waals surface area contributed by atoms with Crippen molar-refractivity contribution in [2.75, 3.05) is 13.1 Å². The molecule has 1 rings (SSSR count). The Labute approximate surface area is 62.6 Å². The van der Waals surface area contributed by atoms with Crippen LogP contribution in [0.2, 0.25) is 0 Å². The van der Waals surface area contributed by atoms with Crippen LogP contribution < -0.4 is 5.32 Å². The summed E-state index contributed by atoms with van der Waals surface area (Å²) in [7, 11) is 0. The van der Waals surface area contributed by atoms with E-state index < -0.39 is 0 Å². The average molecular weight is 143 g/mol. The smallest absolute Gasteiger partial charge is 0.0771 e. The number of aliphatic hydroxyl groups is 1. The largest absolute Gasteiger partial charge is 0.389 e. The van der Waals surface area contributed by atoms with Crippen molar-refractivity contribution in [1.82, 2.24) is 5.32 Å². The van der Waals surface area contributed by atoms with E-state index in [4.69, 9.17) is 0 Å². The molecule has 1 aliphatic heterocycles. The summed E-state index contributed by atoms with van der Waals surface area (Å²) in [6, 6.07) is 0. The van der Waals surface area contributed by atoms with Gasteiger partial charge >= 0.3 is 0 Å². The number of β-amino-alcohol motifs (C(OH)–C–C–N with tert-alkyl or cyclic N) is 1. The third-order valence-corrected chi connectivity index (χ3v) is 2.17. The van der Waals surface area contributed by atoms with Gasteiger partial charge in [0.25, 0.3) is 0 Å². The Morgan fingerprint density at radius 2 is 2.40 bits per heavy atom. The van der Waals surface area contributed by atoms with Gasteiger partial charge in [-0.05, 0) is 25.8 Å². The summed E-state index contributed by atoms with van der Waals surface area (Å²) in [4.78, 5) is 0. The number of rotatable bonds is 2. The summed E-state index contributed by atoms with van der Waals surface area (Å²) < 4.78 is 0. The second-order valence-corrected chi connectivity index (χ2v) is 3.25. The van der Waals surface area contributed by atoms with Gasteiger partial charge in [-0.2, -0.15) is 0 Å². The molecule has 0 bridgehead atoms. The first-order chi connectivity index (χ1) is 4.77. The molecular weight excluding hydrogens is 126 g/mol. The number of hydrogen-bond donors (Lipinski definition) is 2. The summed E-state index contributed by atoms with van der Waals surface area (Å²) in [5.41, 5.74) is -0.382. The molecule has 1 saturated heterocycles. The van der Waals surface area contributed by atoms with Crippen LogP contribution in [-0.4, -0.2) is 23.8 Å². The highest BCUT2D eigenvalue weighted by Gasteiger charge is 2.27. The van der Waals surface area contributed by atoms with Crippen LogP contribution in [0.4, 0.5) is 0 Å². The Morgan fingerprint density at radius 1 is 1.60 bits per heavy atom. The highest BCUT2D eigenvalue weighted by Crippen LogP contribution is 2.20. The molecule has 1 fully saturated rings. The minimum absolute atomic E-state index is 0.382. The Kier molecular flexibility index (Phi) is 2.69. The zero-order chi connectivity index (χ0) is 7.45. The molecule has 60 valence electrons. The van der Waals surface area contributed by atoms with Gasteiger partial charge in [-0.3, -0.25) is 0 Å². The fourth-order valence-corrected chi connectivity index (χ4v) is 1.63. The normalized spacial score (nSPS) is 34.2. The molecule has 0 radical (unpaired) electrons. The van der Waals surface area contributed by atoms with Gasteiger partial charge in [0.15, 0.2) is 0 Å². The van der Waals surface area contributed by atoms with E-state index in [9.17, 15) is 5.11 Å². The maximum atomic E-state index is 9.81. The molecule has 2 heteroatoms. The molecule has 0 aliphatic carbocycles. The summed E-state index contributed by atoms with van der Waals surface area (Å²) in [5, 5.41) is 13.0. The molecule has 0 aromatic carbocycles. The first kappa shape index (κ1) is 8.02. The van der Waals surface area contributed by atoms with Gasteiger partial charge in [-0.15, -0.1) is 0 Å². The zero-order valence-corrected chi connectivity index (χ0v) is 6.69. The molecule has 0 spiro atoms. The van der Waals surface area contributed by atoms with Crippen molar-refractivity contribution in [3.05, 3.63) is 0 Å². The maximum Gasteiger partial charge on any atom is 0.0771 e. The quantitative estimate of drug-likeness (QED) is 0.602. The highest BCUT2D eigenvalue weighted by molar-refractivity contribution is 4.84. The summed E-state index contributed by atoms with van der Waals surface area (Å²) in [5.74, 6) is 0. The lowest BCUT2D eigenvalue weighted by Crippen LogP contribution is -2.45. The highest BCUT2D eigenvalue weighted by atomic mass is 16.3. The van der Waals surface area contributed by atoms with E-state index in [1.165, 1.54) is 0 Å². The van der Waals surface area contributed by atoms with Crippen LogP contribution in [0.15, 0.2) is 0 Å². The number of piperidine rings is 1.